The van der Waals surface area contributed by atoms with Gasteiger partial charge in [0.1, 0.15) is 5.75 Å². The van der Waals surface area contributed by atoms with E-state index in [1.807, 2.05) is 19.2 Å². The Morgan fingerprint density at radius 2 is 1.95 bits per heavy atom. The number of hydrogen-bond donors (Lipinski definition) is 2. The fourth-order valence-corrected chi connectivity index (χ4v) is 2.57. The van der Waals surface area contributed by atoms with E-state index in [0.29, 0.717) is 5.75 Å². The van der Waals surface area contributed by atoms with Gasteiger partial charge in [-0.2, -0.15) is 0 Å². The average Bonchev–Trinajstić information content (AvgIpc) is 2.46. The predicted octanol–water partition coefficient (Wildman–Crippen LogP) is 1.81. The quantitative estimate of drug-likeness (QED) is 0.869. The third-order valence-electron chi connectivity index (χ3n) is 4.10. The topological polar surface area (TPSA) is 38.7 Å². The Hall–Kier alpha value is -1.26. The van der Waals surface area contributed by atoms with Crippen LogP contribution in [0.25, 0.3) is 0 Å². The highest BCUT2D eigenvalue weighted by molar-refractivity contribution is 5.54. The molecule has 1 aromatic carbocycles. The Kier molecular flexibility index (Phi) is 4.66. The SMILES string of the molecule is CCN1CCN(c2ccc(C(C)NC)c(O)c2)CC1. The second-order valence-electron chi connectivity index (χ2n) is 5.17. The van der Waals surface area contributed by atoms with Crippen molar-refractivity contribution in [3.8, 4) is 5.75 Å². The molecule has 1 aliphatic rings. The van der Waals surface area contributed by atoms with Crippen molar-refractivity contribution >= 4 is 5.69 Å². The molecule has 0 aromatic heterocycles. The molecular formula is C15H25N3O. The number of nitrogens with zero attached hydrogens (tertiary/aromatic N) is 2. The number of benzene rings is 1. The minimum atomic E-state index is 0.172. The van der Waals surface area contributed by atoms with Crippen molar-refractivity contribution in [2.24, 2.45) is 0 Å². The Bertz CT molecular complexity index is 414. The monoisotopic (exact) mass is 263 g/mol. The Labute approximate surface area is 116 Å². The van der Waals surface area contributed by atoms with Crippen LogP contribution in [0.15, 0.2) is 18.2 Å². The van der Waals surface area contributed by atoms with Gasteiger partial charge in [-0.15, -0.1) is 0 Å². The molecular weight excluding hydrogens is 238 g/mol. The van der Waals surface area contributed by atoms with Gasteiger partial charge in [-0.3, -0.25) is 0 Å². The summed E-state index contributed by atoms with van der Waals surface area (Å²) in [4.78, 5) is 4.80. The molecule has 1 aliphatic heterocycles. The van der Waals surface area contributed by atoms with Crippen molar-refractivity contribution in [2.75, 3.05) is 44.7 Å². The minimum absolute atomic E-state index is 0.172. The van der Waals surface area contributed by atoms with E-state index in [9.17, 15) is 5.11 Å². The van der Waals surface area contributed by atoms with Crippen LogP contribution in [0.2, 0.25) is 0 Å². The zero-order valence-corrected chi connectivity index (χ0v) is 12.2. The highest BCUT2D eigenvalue weighted by Crippen LogP contribution is 2.29. The summed E-state index contributed by atoms with van der Waals surface area (Å²) >= 11 is 0. The summed E-state index contributed by atoms with van der Waals surface area (Å²) in [5.41, 5.74) is 2.08. The summed E-state index contributed by atoms with van der Waals surface area (Å²) in [6.45, 7) is 9.65. The van der Waals surface area contributed by atoms with E-state index in [1.54, 1.807) is 0 Å². The zero-order valence-electron chi connectivity index (χ0n) is 12.2. The van der Waals surface area contributed by atoms with Crippen LogP contribution in [0.3, 0.4) is 0 Å². The van der Waals surface area contributed by atoms with E-state index < -0.39 is 0 Å². The van der Waals surface area contributed by atoms with Crippen LogP contribution in [0.1, 0.15) is 25.5 Å². The lowest BCUT2D eigenvalue weighted by atomic mass is 10.1. The van der Waals surface area contributed by atoms with Gasteiger partial charge < -0.3 is 20.2 Å². The first-order chi connectivity index (χ1) is 9.15. The van der Waals surface area contributed by atoms with Gasteiger partial charge in [-0.1, -0.05) is 13.0 Å². The van der Waals surface area contributed by atoms with Crippen molar-refractivity contribution < 1.29 is 5.11 Å². The summed E-state index contributed by atoms with van der Waals surface area (Å²) in [6, 6.07) is 6.21. The van der Waals surface area contributed by atoms with E-state index in [0.717, 1.165) is 44.0 Å². The van der Waals surface area contributed by atoms with Crippen LogP contribution < -0.4 is 10.2 Å². The smallest absolute Gasteiger partial charge is 0.122 e. The van der Waals surface area contributed by atoms with Gasteiger partial charge in [0, 0.05) is 49.5 Å². The number of phenols is 1. The summed E-state index contributed by atoms with van der Waals surface area (Å²) in [6.07, 6.45) is 0. The number of nitrogens with one attached hydrogen (secondary N) is 1. The molecule has 0 amide bonds. The second kappa shape index (κ2) is 6.26. The van der Waals surface area contributed by atoms with Crippen LogP contribution in [-0.2, 0) is 0 Å². The van der Waals surface area contributed by atoms with Gasteiger partial charge >= 0.3 is 0 Å². The molecule has 0 spiro atoms. The van der Waals surface area contributed by atoms with Crippen molar-refractivity contribution in [1.82, 2.24) is 10.2 Å². The summed E-state index contributed by atoms with van der Waals surface area (Å²) in [5, 5.41) is 13.3. The number of piperazine rings is 1. The molecule has 1 unspecified atom stereocenters. The maximum absolute atomic E-state index is 10.1. The molecule has 106 valence electrons. The second-order valence-corrected chi connectivity index (χ2v) is 5.17. The Morgan fingerprint density at radius 3 is 2.47 bits per heavy atom. The maximum atomic E-state index is 10.1. The molecule has 1 heterocycles. The lowest BCUT2D eigenvalue weighted by Gasteiger charge is -2.35. The third kappa shape index (κ3) is 3.19. The van der Waals surface area contributed by atoms with E-state index in [-0.39, 0.29) is 6.04 Å². The standard InChI is InChI=1S/C15H25N3O/c1-4-17-7-9-18(10-8-17)13-5-6-14(12(2)16-3)15(19)11-13/h5-6,11-12,16,19H,4,7-10H2,1-3H3. The van der Waals surface area contributed by atoms with Crippen LogP contribution >= 0.6 is 0 Å². The van der Waals surface area contributed by atoms with Crippen molar-refractivity contribution in [3.63, 3.8) is 0 Å². The average molecular weight is 263 g/mol. The molecule has 4 heteroatoms. The molecule has 1 saturated heterocycles. The maximum Gasteiger partial charge on any atom is 0.122 e. The fraction of sp³-hybridized carbons (Fsp3) is 0.600. The number of likely N-dealkylation sites (N-methyl/N-ethyl adjacent to an activating group) is 1. The van der Waals surface area contributed by atoms with E-state index in [2.05, 4.69) is 35.0 Å². The third-order valence-corrected chi connectivity index (χ3v) is 4.10. The van der Waals surface area contributed by atoms with Crippen LogP contribution in [-0.4, -0.2) is 49.8 Å². The first-order valence-corrected chi connectivity index (χ1v) is 7.13. The number of hydrogen-bond acceptors (Lipinski definition) is 4. The summed E-state index contributed by atoms with van der Waals surface area (Å²) < 4.78 is 0. The van der Waals surface area contributed by atoms with Crippen molar-refractivity contribution in [3.05, 3.63) is 23.8 Å². The van der Waals surface area contributed by atoms with Crippen LogP contribution in [0.5, 0.6) is 5.75 Å². The number of phenolic OH excluding ortho intramolecular Hbond substituents is 1. The van der Waals surface area contributed by atoms with Crippen molar-refractivity contribution in [2.45, 2.75) is 19.9 Å². The summed E-state index contributed by atoms with van der Waals surface area (Å²) in [5.74, 6) is 0.386. The lowest BCUT2D eigenvalue weighted by molar-refractivity contribution is 0.271. The van der Waals surface area contributed by atoms with Gasteiger partial charge in [-0.25, -0.2) is 0 Å². The van der Waals surface area contributed by atoms with Gasteiger partial charge in [0.25, 0.3) is 0 Å². The Balaban J connectivity index is 2.08. The number of anilines is 1. The van der Waals surface area contributed by atoms with E-state index in [1.165, 1.54) is 0 Å². The highest BCUT2D eigenvalue weighted by Gasteiger charge is 2.17. The van der Waals surface area contributed by atoms with Crippen LogP contribution in [0.4, 0.5) is 5.69 Å². The van der Waals surface area contributed by atoms with E-state index >= 15 is 0 Å². The molecule has 0 aliphatic carbocycles. The number of aromatic hydroxyl groups is 1. The molecule has 4 nitrogen and oxygen atoms in total. The fourth-order valence-electron chi connectivity index (χ4n) is 2.57. The normalized spacial score (nSPS) is 18.6. The van der Waals surface area contributed by atoms with Gasteiger partial charge in [0.05, 0.1) is 0 Å². The number of rotatable bonds is 4. The first-order valence-electron chi connectivity index (χ1n) is 7.13. The van der Waals surface area contributed by atoms with Crippen LogP contribution in [0, 0.1) is 0 Å². The Morgan fingerprint density at radius 1 is 1.26 bits per heavy atom. The molecule has 2 rings (SSSR count). The molecule has 19 heavy (non-hydrogen) atoms. The summed E-state index contributed by atoms with van der Waals surface area (Å²) in [7, 11) is 1.90. The van der Waals surface area contributed by atoms with E-state index in [4.69, 9.17) is 0 Å². The molecule has 0 bridgehead atoms. The van der Waals surface area contributed by atoms with Gasteiger partial charge in [0.15, 0.2) is 0 Å². The van der Waals surface area contributed by atoms with Gasteiger partial charge in [-0.05, 0) is 26.6 Å². The molecule has 0 saturated carbocycles. The molecule has 1 aromatic rings. The molecule has 0 radical (unpaired) electrons. The van der Waals surface area contributed by atoms with Gasteiger partial charge in [0.2, 0.25) is 0 Å². The minimum Gasteiger partial charge on any atom is -0.508 e. The zero-order chi connectivity index (χ0) is 13.8. The largest absolute Gasteiger partial charge is 0.508 e. The lowest BCUT2D eigenvalue weighted by Crippen LogP contribution is -2.46. The first kappa shape index (κ1) is 14.2. The molecule has 1 fully saturated rings. The molecule has 2 N–H and O–H groups in total. The molecule has 1 atom stereocenters. The highest BCUT2D eigenvalue weighted by atomic mass is 16.3. The van der Waals surface area contributed by atoms with Crippen molar-refractivity contribution in [1.29, 1.82) is 0 Å². The predicted molar refractivity (Wildman–Crippen MR) is 79.9 cm³/mol.